The highest BCUT2D eigenvalue weighted by atomic mass is 16.5. The Morgan fingerprint density at radius 1 is 1.08 bits per heavy atom. The largest absolute Gasteiger partial charge is 0.454 e. The van der Waals surface area contributed by atoms with E-state index in [1.165, 1.54) is 0 Å². The molecule has 0 N–H and O–H groups in total. The lowest BCUT2D eigenvalue weighted by Gasteiger charge is -2.32. The van der Waals surface area contributed by atoms with Gasteiger partial charge in [-0.1, -0.05) is 30.3 Å². The van der Waals surface area contributed by atoms with Gasteiger partial charge in [-0.15, -0.1) is 0 Å². The molecule has 2 fully saturated rings. The van der Waals surface area contributed by atoms with E-state index in [2.05, 4.69) is 0 Å². The summed E-state index contributed by atoms with van der Waals surface area (Å²) in [5.74, 6) is -0.564. The summed E-state index contributed by atoms with van der Waals surface area (Å²) >= 11 is 0. The Morgan fingerprint density at radius 2 is 1.88 bits per heavy atom. The maximum atomic E-state index is 12.5. The van der Waals surface area contributed by atoms with Crippen LogP contribution in [0.1, 0.15) is 44.1 Å². The SMILES string of the molecule is O=C(O[C@@H]1CCCCC1=O)[C@@H]1CCCN(C(=O)Cc2ccccc2)C1. The van der Waals surface area contributed by atoms with Crippen molar-refractivity contribution >= 4 is 17.7 Å². The zero-order valence-corrected chi connectivity index (χ0v) is 14.5. The second-order valence-corrected chi connectivity index (χ2v) is 6.98. The first-order valence-corrected chi connectivity index (χ1v) is 9.18. The molecule has 0 unspecified atom stereocenters. The van der Waals surface area contributed by atoms with Crippen molar-refractivity contribution in [2.24, 2.45) is 5.92 Å². The van der Waals surface area contributed by atoms with E-state index in [0.29, 0.717) is 32.4 Å². The first-order valence-electron chi connectivity index (χ1n) is 9.18. The van der Waals surface area contributed by atoms with E-state index in [-0.39, 0.29) is 23.6 Å². The van der Waals surface area contributed by atoms with Crippen LogP contribution in [0, 0.1) is 5.92 Å². The van der Waals surface area contributed by atoms with Crippen LogP contribution in [-0.2, 0) is 25.5 Å². The quantitative estimate of drug-likeness (QED) is 0.788. The molecule has 3 rings (SSSR count). The number of hydrogen-bond donors (Lipinski definition) is 0. The molecule has 1 amide bonds. The molecule has 1 saturated carbocycles. The summed E-state index contributed by atoms with van der Waals surface area (Å²) < 4.78 is 5.46. The van der Waals surface area contributed by atoms with E-state index in [1.807, 2.05) is 30.3 Å². The normalized spacial score (nSPS) is 24.0. The van der Waals surface area contributed by atoms with Crippen molar-refractivity contribution in [1.82, 2.24) is 4.90 Å². The molecule has 1 aromatic carbocycles. The molecule has 0 spiro atoms. The van der Waals surface area contributed by atoms with Gasteiger partial charge in [0, 0.05) is 19.5 Å². The number of likely N-dealkylation sites (tertiary alicyclic amines) is 1. The van der Waals surface area contributed by atoms with Crippen LogP contribution in [0.2, 0.25) is 0 Å². The summed E-state index contributed by atoms with van der Waals surface area (Å²) in [5, 5.41) is 0. The first kappa shape index (κ1) is 17.6. The minimum Gasteiger partial charge on any atom is -0.454 e. The molecule has 0 bridgehead atoms. The monoisotopic (exact) mass is 343 g/mol. The van der Waals surface area contributed by atoms with Gasteiger partial charge in [-0.25, -0.2) is 0 Å². The van der Waals surface area contributed by atoms with Crippen LogP contribution in [0.5, 0.6) is 0 Å². The van der Waals surface area contributed by atoms with Crippen LogP contribution in [0.15, 0.2) is 30.3 Å². The van der Waals surface area contributed by atoms with Gasteiger partial charge < -0.3 is 9.64 Å². The minimum atomic E-state index is -0.573. The van der Waals surface area contributed by atoms with Crippen LogP contribution in [0.3, 0.4) is 0 Å². The number of nitrogens with zero attached hydrogens (tertiary/aromatic N) is 1. The second-order valence-electron chi connectivity index (χ2n) is 6.98. The minimum absolute atomic E-state index is 0.0346. The van der Waals surface area contributed by atoms with E-state index in [4.69, 9.17) is 4.74 Å². The third-order valence-corrected chi connectivity index (χ3v) is 5.06. The fraction of sp³-hybridized carbons (Fsp3) is 0.550. The molecule has 5 heteroatoms. The Morgan fingerprint density at radius 3 is 2.64 bits per heavy atom. The van der Waals surface area contributed by atoms with E-state index < -0.39 is 6.10 Å². The molecule has 1 saturated heterocycles. The number of ketones is 1. The van der Waals surface area contributed by atoms with Gasteiger partial charge in [0.1, 0.15) is 0 Å². The molecule has 5 nitrogen and oxygen atoms in total. The lowest BCUT2D eigenvalue weighted by atomic mass is 9.95. The number of hydrogen-bond acceptors (Lipinski definition) is 4. The zero-order valence-electron chi connectivity index (χ0n) is 14.5. The van der Waals surface area contributed by atoms with Crippen LogP contribution in [-0.4, -0.2) is 41.8 Å². The predicted molar refractivity (Wildman–Crippen MR) is 92.8 cm³/mol. The Hall–Kier alpha value is -2.17. The molecule has 134 valence electrons. The van der Waals surface area contributed by atoms with E-state index in [9.17, 15) is 14.4 Å². The molecule has 2 atom stereocenters. The molecule has 1 aliphatic heterocycles. The summed E-state index contributed by atoms with van der Waals surface area (Å²) in [5.41, 5.74) is 0.977. The van der Waals surface area contributed by atoms with Crippen LogP contribution in [0.4, 0.5) is 0 Å². The van der Waals surface area contributed by atoms with Gasteiger partial charge in [0.2, 0.25) is 5.91 Å². The molecule has 0 radical (unpaired) electrons. The molecule has 1 heterocycles. The van der Waals surface area contributed by atoms with Crippen molar-refractivity contribution < 1.29 is 19.1 Å². The fourth-order valence-corrected chi connectivity index (χ4v) is 3.59. The number of carbonyl (C=O) groups is 3. The Kier molecular flexibility index (Phi) is 5.84. The van der Waals surface area contributed by atoms with Crippen molar-refractivity contribution in [2.45, 2.75) is 51.0 Å². The van der Waals surface area contributed by atoms with Crippen LogP contribution < -0.4 is 0 Å². The predicted octanol–water partition coefficient (Wildman–Crippen LogP) is 2.52. The zero-order chi connectivity index (χ0) is 17.6. The van der Waals surface area contributed by atoms with Crippen molar-refractivity contribution in [2.75, 3.05) is 13.1 Å². The van der Waals surface area contributed by atoms with Crippen LogP contribution in [0.25, 0.3) is 0 Å². The average molecular weight is 343 g/mol. The summed E-state index contributed by atoms with van der Waals surface area (Å²) in [7, 11) is 0. The molecule has 0 aromatic heterocycles. The standard InChI is InChI=1S/C20H25NO4/c22-17-10-4-5-11-18(17)25-20(24)16-9-6-12-21(14-16)19(23)13-15-7-2-1-3-8-15/h1-3,7-8,16,18H,4-6,9-14H2/t16-,18-/m1/s1. The third kappa shape index (κ3) is 4.68. The van der Waals surface area contributed by atoms with Crippen molar-refractivity contribution in [1.29, 1.82) is 0 Å². The highest BCUT2D eigenvalue weighted by Crippen LogP contribution is 2.23. The second kappa shape index (κ2) is 8.28. The molecule has 1 aliphatic carbocycles. The molecular formula is C20H25NO4. The van der Waals surface area contributed by atoms with Gasteiger partial charge in [0.05, 0.1) is 12.3 Å². The first-order chi connectivity index (χ1) is 12.1. The average Bonchev–Trinajstić information content (AvgIpc) is 2.64. The lowest BCUT2D eigenvalue weighted by Crippen LogP contribution is -2.44. The number of Topliss-reactive ketones (excluding diaryl/α,β-unsaturated/α-hetero) is 1. The number of rotatable bonds is 4. The van der Waals surface area contributed by atoms with Gasteiger partial charge in [0.25, 0.3) is 0 Å². The summed E-state index contributed by atoms with van der Waals surface area (Å²) in [4.78, 5) is 38.5. The summed E-state index contributed by atoms with van der Waals surface area (Å²) in [6.45, 7) is 1.07. The number of esters is 1. The van der Waals surface area contributed by atoms with Gasteiger partial charge >= 0.3 is 5.97 Å². The van der Waals surface area contributed by atoms with Crippen molar-refractivity contribution in [3.8, 4) is 0 Å². The molecular weight excluding hydrogens is 318 g/mol. The van der Waals surface area contributed by atoms with Gasteiger partial charge in [-0.3, -0.25) is 14.4 Å². The van der Waals surface area contributed by atoms with Crippen molar-refractivity contribution in [3.63, 3.8) is 0 Å². The highest BCUT2D eigenvalue weighted by molar-refractivity contribution is 5.87. The molecule has 25 heavy (non-hydrogen) atoms. The smallest absolute Gasteiger partial charge is 0.311 e. The Labute approximate surface area is 148 Å². The summed E-state index contributed by atoms with van der Waals surface area (Å²) in [6.07, 6.45) is 4.24. The van der Waals surface area contributed by atoms with Gasteiger partial charge in [-0.05, 0) is 37.7 Å². The van der Waals surface area contributed by atoms with Crippen molar-refractivity contribution in [3.05, 3.63) is 35.9 Å². The molecule has 2 aliphatic rings. The fourth-order valence-electron chi connectivity index (χ4n) is 3.59. The third-order valence-electron chi connectivity index (χ3n) is 5.06. The Balaban J connectivity index is 1.54. The van der Waals surface area contributed by atoms with E-state index >= 15 is 0 Å². The topological polar surface area (TPSA) is 63.7 Å². The number of ether oxygens (including phenoxy) is 1. The number of piperidine rings is 1. The molecule has 1 aromatic rings. The van der Waals surface area contributed by atoms with E-state index in [1.54, 1.807) is 4.90 Å². The number of carbonyl (C=O) groups excluding carboxylic acids is 3. The number of benzene rings is 1. The Bertz CT molecular complexity index is 628. The highest BCUT2D eigenvalue weighted by Gasteiger charge is 2.33. The van der Waals surface area contributed by atoms with Gasteiger partial charge in [0.15, 0.2) is 11.9 Å². The van der Waals surface area contributed by atoms with Crippen LogP contribution >= 0.6 is 0 Å². The lowest BCUT2D eigenvalue weighted by molar-refractivity contribution is -0.162. The maximum absolute atomic E-state index is 12.5. The summed E-state index contributed by atoms with van der Waals surface area (Å²) in [6, 6.07) is 9.62. The van der Waals surface area contributed by atoms with Gasteiger partial charge in [-0.2, -0.15) is 0 Å². The number of amides is 1. The maximum Gasteiger partial charge on any atom is 0.311 e. The van der Waals surface area contributed by atoms with E-state index in [0.717, 1.165) is 31.2 Å².